The van der Waals surface area contributed by atoms with E-state index >= 15 is 0 Å². The number of amidine groups is 1. The Balaban J connectivity index is 2.23. The molecule has 2 aromatic rings. The van der Waals surface area contributed by atoms with Gasteiger partial charge in [-0.1, -0.05) is 22.8 Å². The molecule has 1 heterocycles. The summed E-state index contributed by atoms with van der Waals surface area (Å²) in [6, 6.07) is 9.04. The zero-order chi connectivity index (χ0) is 13.8. The SMILES string of the molecule is N/C(=N/O)c1c(Cl)cccc1OCc1ccc(Br)s1. The second-order valence-corrected chi connectivity index (χ2v) is 6.55. The molecule has 0 fully saturated rings. The quantitative estimate of drug-likeness (QED) is 0.376. The Morgan fingerprint density at radius 1 is 1.42 bits per heavy atom. The normalized spacial score (nSPS) is 11.6. The maximum atomic E-state index is 8.77. The van der Waals surface area contributed by atoms with Crippen molar-refractivity contribution in [2.75, 3.05) is 0 Å². The van der Waals surface area contributed by atoms with E-state index in [-0.39, 0.29) is 5.84 Å². The van der Waals surface area contributed by atoms with Crippen LogP contribution >= 0.6 is 38.9 Å². The van der Waals surface area contributed by atoms with Gasteiger partial charge in [0.05, 0.1) is 14.4 Å². The molecule has 0 spiro atoms. The van der Waals surface area contributed by atoms with Crippen LogP contribution < -0.4 is 10.5 Å². The van der Waals surface area contributed by atoms with Gasteiger partial charge in [-0.2, -0.15) is 0 Å². The fourth-order valence-electron chi connectivity index (χ4n) is 1.50. The van der Waals surface area contributed by atoms with E-state index in [0.717, 1.165) is 8.66 Å². The fraction of sp³-hybridized carbons (Fsp3) is 0.0833. The number of hydrogen-bond donors (Lipinski definition) is 2. The van der Waals surface area contributed by atoms with Crippen LogP contribution in [0.15, 0.2) is 39.3 Å². The van der Waals surface area contributed by atoms with Gasteiger partial charge < -0.3 is 15.7 Å². The standard InChI is InChI=1S/C12H10BrClN2O2S/c13-10-5-4-7(19-10)6-18-9-3-1-2-8(14)11(9)12(15)16-17/h1-5,17H,6H2,(H2,15,16). The number of thiophene rings is 1. The summed E-state index contributed by atoms with van der Waals surface area (Å²) in [7, 11) is 0. The Bertz CT molecular complexity index is 616. The fourth-order valence-corrected chi connectivity index (χ4v) is 3.16. The van der Waals surface area contributed by atoms with Crippen molar-refractivity contribution in [3.05, 3.63) is 49.6 Å². The van der Waals surface area contributed by atoms with Gasteiger partial charge in [-0.25, -0.2) is 0 Å². The maximum absolute atomic E-state index is 8.77. The highest BCUT2D eigenvalue weighted by atomic mass is 79.9. The molecule has 19 heavy (non-hydrogen) atoms. The smallest absolute Gasteiger partial charge is 0.175 e. The van der Waals surface area contributed by atoms with Gasteiger partial charge in [-0.3, -0.25) is 0 Å². The number of nitrogens with two attached hydrogens (primary N) is 1. The van der Waals surface area contributed by atoms with E-state index in [1.807, 2.05) is 12.1 Å². The van der Waals surface area contributed by atoms with Crippen molar-refractivity contribution < 1.29 is 9.94 Å². The van der Waals surface area contributed by atoms with Crippen LogP contribution in [0.5, 0.6) is 5.75 Å². The number of benzene rings is 1. The molecule has 0 atom stereocenters. The maximum Gasteiger partial charge on any atom is 0.175 e. The minimum atomic E-state index is -0.0760. The van der Waals surface area contributed by atoms with Crippen molar-refractivity contribution in [2.45, 2.75) is 6.61 Å². The van der Waals surface area contributed by atoms with Crippen molar-refractivity contribution >= 4 is 44.7 Å². The monoisotopic (exact) mass is 360 g/mol. The van der Waals surface area contributed by atoms with E-state index in [2.05, 4.69) is 21.1 Å². The molecule has 100 valence electrons. The van der Waals surface area contributed by atoms with E-state index in [9.17, 15) is 0 Å². The van der Waals surface area contributed by atoms with E-state index in [1.54, 1.807) is 29.5 Å². The van der Waals surface area contributed by atoms with Gasteiger partial charge in [0.1, 0.15) is 12.4 Å². The first-order valence-electron chi connectivity index (χ1n) is 5.25. The first-order chi connectivity index (χ1) is 9.11. The molecule has 3 N–H and O–H groups in total. The largest absolute Gasteiger partial charge is 0.487 e. The number of nitrogens with zero attached hydrogens (tertiary/aromatic N) is 1. The molecule has 0 aliphatic carbocycles. The molecule has 0 saturated heterocycles. The van der Waals surface area contributed by atoms with Crippen molar-refractivity contribution in [3.8, 4) is 5.75 Å². The molecule has 0 bridgehead atoms. The van der Waals surface area contributed by atoms with Crippen LogP contribution in [0.3, 0.4) is 0 Å². The highest BCUT2D eigenvalue weighted by Gasteiger charge is 2.13. The lowest BCUT2D eigenvalue weighted by Gasteiger charge is -2.11. The number of hydrogen-bond acceptors (Lipinski definition) is 4. The minimum Gasteiger partial charge on any atom is -0.487 e. The summed E-state index contributed by atoms with van der Waals surface area (Å²) in [6.07, 6.45) is 0. The van der Waals surface area contributed by atoms with Crippen molar-refractivity contribution in [3.63, 3.8) is 0 Å². The molecule has 0 amide bonds. The molecule has 0 aliphatic heterocycles. The van der Waals surface area contributed by atoms with Crippen LogP contribution in [0.2, 0.25) is 5.02 Å². The van der Waals surface area contributed by atoms with Crippen LogP contribution in [0.1, 0.15) is 10.4 Å². The molecule has 0 unspecified atom stereocenters. The topological polar surface area (TPSA) is 67.8 Å². The number of oxime groups is 1. The summed E-state index contributed by atoms with van der Waals surface area (Å²) in [6.45, 7) is 0.391. The van der Waals surface area contributed by atoms with Gasteiger partial charge in [-0.05, 0) is 40.2 Å². The molecular weight excluding hydrogens is 352 g/mol. The summed E-state index contributed by atoms with van der Waals surface area (Å²) in [5.74, 6) is 0.403. The van der Waals surface area contributed by atoms with Gasteiger partial charge >= 0.3 is 0 Å². The van der Waals surface area contributed by atoms with Crippen molar-refractivity contribution in [1.82, 2.24) is 0 Å². The molecule has 0 radical (unpaired) electrons. The Hall–Kier alpha value is -1.24. The summed E-state index contributed by atoms with van der Waals surface area (Å²) in [4.78, 5) is 1.05. The van der Waals surface area contributed by atoms with Gasteiger partial charge in [0.2, 0.25) is 0 Å². The van der Waals surface area contributed by atoms with Gasteiger partial charge in [-0.15, -0.1) is 11.3 Å². The van der Waals surface area contributed by atoms with Crippen LogP contribution in [0.4, 0.5) is 0 Å². The second-order valence-electron chi connectivity index (χ2n) is 3.59. The number of halogens is 2. The second kappa shape index (κ2) is 6.27. The molecular formula is C12H10BrClN2O2S. The number of rotatable bonds is 4. The highest BCUT2D eigenvalue weighted by molar-refractivity contribution is 9.11. The van der Waals surface area contributed by atoms with Crippen LogP contribution in [0.25, 0.3) is 0 Å². The molecule has 0 aliphatic rings. The Labute approximate surface area is 127 Å². The zero-order valence-corrected chi connectivity index (χ0v) is 12.8. The van der Waals surface area contributed by atoms with Gasteiger partial charge in [0, 0.05) is 4.88 Å². The lowest BCUT2D eigenvalue weighted by Crippen LogP contribution is -2.15. The lowest BCUT2D eigenvalue weighted by molar-refractivity contribution is 0.306. The van der Waals surface area contributed by atoms with Crippen LogP contribution in [0, 0.1) is 0 Å². The van der Waals surface area contributed by atoms with Gasteiger partial charge in [0.15, 0.2) is 5.84 Å². The third kappa shape index (κ3) is 3.40. The summed E-state index contributed by atoms with van der Waals surface area (Å²) in [5, 5.41) is 12.1. The van der Waals surface area contributed by atoms with Crippen LogP contribution in [-0.4, -0.2) is 11.0 Å². The van der Waals surface area contributed by atoms with Crippen molar-refractivity contribution in [2.24, 2.45) is 10.9 Å². The van der Waals surface area contributed by atoms with E-state index < -0.39 is 0 Å². The average Bonchev–Trinajstić information content (AvgIpc) is 2.81. The summed E-state index contributed by atoms with van der Waals surface area (Å²) < 4.78 is 6.71. The zero-order valence-electron chi connectivity index (χ0n) is 9.64. The van der Waals surface area contributed by atoms with Crippen LogP contribution in [-0.2, 0) is 6.61 Å². The molecule has 0 saturated carbocycles. The first-order valence-corrected chi connectivity index (χ1v) is 7.24. The Morgan fingerprint density at radius 3 is 2.84 bits per heavy atom. The third-order valence-corrected chi connectivity index (χ3v) is 4.25. The first kappa shape index (κ1) is 14.2. The van der Waals surface area contributed by atoms with Gasteiger partial charge in [0.25, 0.3) is 0 Å². The molecule has 1 aromatic carbocycles. The molecule has 7 heteroatoms. The Morgan fingerprint density at radius 2 is 2.21 bits per heavy atom. The van der Waals surface area contributed by atoms with E-state index in [1.165, 1.54) is 0 Å². The van der Waals surface area contributed by atoms with E-state index in [4.69, 9.17) is 27.3 Å². The summed E-state index contributed by atoms with van der Waals surface area (Å²) >= 11 is 11.0. The minimum absolute atomic E-state index is 0.0760. The lowest BCUT2D eigenvalue weighted by atomic mass is 10.2. The third-order valence-electron chi connectivity index (χ3n) is 2.34. The molecule has 2 rings (SSSR count). The predicted octanol–water partition coefficient (Wildman–Crippen LogP) is 3.84. The van der Waals surface area contributed by atoms with Crippen molar-refractivity contribution in [1.29, 1.82) is 0 Å². The number of ether oxygens (including phenoxy) is 1. The predicted molar refractivity (Wildman–Crippen MR) is 80.3 cm³/mol. The molecule has 1 aromatic heterocycles. The highest BCUT2D eigenvalue weighted by Crippen LogP contribution is 2.28. The summed E-state index contributed by atoms with van der Waals surface area (Å²) in [5.41, 5.74) is 5.99. The Kier molecular flexibility index (Phi) is 4.68. The van der Waals surface area contributed by atoms with E-state index in [0.29, 0.717) is 22.9 Å². The average molecular weight is 362 g/mol. The molecule has 4 nitrogen and oxygen atoms in total.